The summed E-state index contributed by atoms with van der Waals surface area (Å²) in [6.45, 7) is 4.38. The lowest BCUT2D eigenvalue weighted by Gasteiger charge is -2.28. The van der Waals surface area contributed by atoms with Crippen molar-refractivity contribution in [2.45, 2.75) is 33.1 Å². The van der Waals surface area contributed by atoms with Crippen molar-refractivity contribution in [2.24, 2.45) is 5.92 Å². The number of nitrogens with zero attached hydrogens (tertiary/aromatic N) is 1. The smallest absolute Gasteiger partial charge is 0.229 e. The first kappa shape index (κ1) is 9.23. The summed E-state index contributed by atoms with van der Waals surface area (Å²) in [5.74, 6) is 0.286. The molecule has 0 aromatic heterocycles. The second-order valence-electron chi connectivity index (χ2n) is 3.21. The van der Waals surface area contributed by atoms with E-state index < -0.39 is 0 Å². The predicted octanol–water partition coefficient (Wildman–Crippen LogP) is 1.18. The van der Waals surface area contributed by atoms with Crippen LogP contribution in [0.2, 0.25) is 0 Å². The Balaban J connectivity index is 2.63. The van der Waals surface area contributed by atoms with Crippen molar-refractivity contribution in [3.8, 4) is 0 Å². The van der Waals surface area contributed by atoms with E-state index in [1.807, 2.05) is 13.8 Å². The summed E-state index contributed by atoms with van der Waals surface area (Å²) >= 11 is 0. The normalized spacial score (nSPS) is 20.3. The molecule has 3 nitrogen and oxygen atoms in total. The zero-order valence-electron chi connectivity index (χ0n) is 7.67. The first-order chi connectivity index (χ1) is 5.69. The number of hydrogen-bond donors (Lipinski definition) is 0. The van der Waals surface area contributed by atoms with E-state index in [1.54, 1.807) is 0 Å². The van der Waals surface area contributed by atoms with Crippen molar-refractivity contribution in [1.29, 1.82) is 0 Å². The second-order valence-corrected chi connectivity index (χ2v) is 3.21. The third-order valence-corrected chi connectivity index (χ3v) is 2.42. The lowest BCUT2D eigenvalue weighted by atomic mass is 9.93. The van der Waals surface area contributed by atoms with E-state index in [4.69, 9.17) is 0 Å². The Morgan fingerprint density at radius 2 is 1.75 bits per heavy atom. The summed E-state index contributed by atoms with van der Waals surface area (Å²) in [4.78, 5) is 24.0. The monoisotopic (exact) mass is 169 g/mol. The van der Waals surface area contributed by atoms with Crippen LogP contribution in [-0.4, -0.2) is 23.3 Å². The quantitative estimate of drug-likeness (QED) is 0.582. The van der Waals surface area contributed by atoms with Crippen LogP contribution in [-0.2, 0) is 9.59 Å². The predicted molar refractivity (Wildman–Crippen MR) is 45.4 cm³/mol. The van der Waals surface area contributed by atoms with Crippen molar-refractivity contribution in [3.05, 3.63) is 0 Å². The third-order valence-electron chi connectivity index (χ3n) is 2.42. The van der Waals surface area contributed by atoms with Crippen LogP contribution in [0, 0.1) is 5.92 Å². The molecule has 1 saturated heterocycles. The fourth-order valence-corrected chi connectivity index (χ4v) is 1.57. The number of amides is 2. The molecule has 0 spiro atoms. The Hall–Kier alpha value is -0.860. The number of hydrogen-bond acceptors (Lipinski definition) is 2. The molecular formula is C9H15NO2. The fourth-order valence-electron chi connectivity index (χ4n) is 1.57. The zero-order chi connectivity index (χ0) is 9.14. The van der Waals surface area contributed by atoms with Gasteiger partial charge in [0.1, 0.15) is 0 Å². The third kappa shape index (κ3) is 1.65. The average Bonchev–Trinajstić information content (AvgIpc) is 2.03. The maximum Gasteiger partial charge on any atom is 0.229 e. The minimum absolute atomic E-state index is 0.000556. The zero-order valence-corrected chi connectivity index (χ0v) is 7.67. The lowest BCUT2D eigenvalue weighted by Crippen LogP contribution is -2.42. The van der Waals surface area contributed by atoms with E-state index in [0.717, 1.165) is 6.42 Å². The van der Waals surface area contributed by atoms with E-state index in [0.29, 0.717) is 19.4 Å². The van der Waals surface area contributed by atoms with Crippen LogP contribution < -0.4 is 0 Å². The summed E-state index contributed by atoms with van der Waals surface area (Å²) < 4.78 is 0. The first-order valence-electron chi connectivity index (χ1n) is 4.52. The largest absolute Gasteiger partial charge is 0.283 e. The van der Waals surface area contributed by atoms with Crippen LogP contribution in [0.25, 0.3) is 0 Å². The SMILES string of the molecule is CCC1CC(=O)N(CC)C(=O)C1. The van der Waals surface area contributed by atoms with Crippen LogP contribution in [0.3, 0.4) is 0 Å². The van der Waals surface area contributed by atoms with Crippen LogP contribution in [0.5, 0.6) is 0 Å². The molecule has 1 aliphatic heterocycles. The molecule has 0 aromatic carbocycles. The first-order valence-corrected chi connectivity index (χ1v) is 4.52. The van der Waals surface area contributed by atoms with Crippen LogP contribution in [0.4, 0.5) is 0 Å². The highest BCUT2D eigenvalue weighted by Gasteiger charge is 2.29. The Morgan fingerprint density at radius 1 is 1.25 bits per heavy atom. The summed E-state index contributed by atoms with van der Waals surface area (Å²) in [5.41, 5.74) is 0. The molecule has 1 aliphatic rings. The number of carbonyl (C=O) groups excluding carboxylic acids is 2. The lowest BCUT2D eigenvalue weighted by molar-refractivity contribution is -0.149. The molecule has 0 bridgehead atoms. The van der Waals surface area contributed by atoms with Gasteiger partial charge in [-0.15, -0.1) is 0 Å². The molecule has 0 atom stereocenters. The van der Waals surface area contributed by atoms with Gasteiger partial charge in [0.2, 0.25) is 11.8 Å². The van der Waals surface area contributed by atoms with Crippen molar-refractivity contribution >= 4 is 11.8 Å². The molecule has 0 saturated carbocycles. The Labute approximate surface area is 72.7 Å². The maximum atomic E-state index is 11.3. The second kappa shape index (κ2) is 3.70. The standard InChI is InChI=1S/C9H15NO2/c1-3-7-5-8(11)10(4-2)9(12)6-7/h7H,3-6H2,1-2H3. The van der Waals surface area contributed by atoms with E-state index in [-0.39, 0.29) is 17.7 Å². The van der Waals surface area contributed by atoms with Gasteiger partial charge in [-0.25, -0.2) is 0 Å². The van der Waals surface area contributed by atoms with Crippen LogP contribution in [0.1, 0.15) is 33.1 Å². The van der Waals surface area contributed by atoms with E-state index in [9.17, 15) is 9.59 Å². The van der Waals surface area contributed by atoms with Gasteiger partial charge >= 0.3 is 0 Å². The van der Waals surface area contributed by atoms with Crippen molar-refractivity contribution < 1.29 is 9.59 Å². The molecule has 2 amide bonds. The molecule has 0 N–H and O–H groups in total. The number of carbonyl (C=O) groups is 2. The molecular weight excluding hydrogens is 154 g/mol. The van der Waals surface area contributed by atoms with Crippen molar-refractivity contribution in [2.75, 3.05) is 6.54 Å². The Kier molecular flexibility index (Phi) is 2.84. The molecule has 3 heteroatoms. The molecule has 0 aliphatic carbocycles. The van der Waals surface area contributed by atoms with Gasteiger partial charge in [-0.3, -0.25) is 14.5 Å². The molecule has 0 unspecified atom stereocenters. The summed E-state index contributed by atoms with van der Waals surface area (Å²) in [5, 5.41) is 0. The van der Waals surface area contributed by atoms with Crippen LogP contribution >= 0.6 is 0 Å². The van der Waals surface area contributed by atoms with Gasteiger partial charge in [0.25, 0.3) is 0 Å². The van der Waals surface area contributed by atoms with Gasteiger partial charge in [0.05, 0.1) is 0 Å². The van der Waals surface area contributed by atoms with Gasteiger partial charge in [-0.2, -0.15) is 0 Å². The Morgan fingerprint density at radius 3 is 2.08 bits per heavy atom. The number of likely N-dealkylation sites (tertiary alicyclic amines) is 1. The summed E-state index contributed by atoms with van der Waals surface area (Å²) in [6.07, 6.45) is 2.03. The summed E-state index contributed by atoms with van der Waals surface area (Å²) in [7, 11) is 0. The molecule has 1 fully saturated rings. The van der Waals surface area contributed by atoms with Crippen molar-refractivity contribution in [3.63, 3.8) is 0 Å². The van der Waals surface area contributed by atoms with Crippen molar-refractivity contribution in [1.82, 2.24) is 4.90 Å². The molecule has 0 aromatic rings. The molecule has 0 radical (unpaired) electrons. The topological polar surface area (TPSA) is 37.4 Å². The van der Waals surface area contributed by atoms with Gasteiger partial charge in [0.15, 0.2) is 0 Å². The number of piperidine rings is 1. The van der Waals surface area contributed by atoms with E-state index >= 15 is 0 Å². The molecule has 12 heavy (non-hydrogen) atoms. The highest BCUT2D eigenvalue weighted by molar-refractivity contribution is 5.97. The number of rotatable bonds is 2. The van der Waals surface area contributed by atoms with E-state index in [1.165, 1.54) is 4.90 Å². The molecule has 1 heterocycles. The summed E-state index contributed by atoms with van der Waals surface area (Å²) in [6, 6.07) is 0. The minimum Gasteiger partial charge on any atom is -0.283 e. The average molecular weight is 169 g/mol. The van der Waals surface area contributed by atoms with Gasteiger partial charge < -0.3 is 0 Å². The minimum atomic E-state index is 0.000556. The van der Waals surface area contributed by atoms with Gasteiger partial charge in [0, 0.05) is 19.4 Å². The number of imide groups is 1. The maximum absolute atomic E-state index is 11.3. The molecule has 1 rings (SSSR count). The van der Waals surface area contributed by atoms with Crippen LogP contribution in [0.15, 0.2) is 0 Å². The highest BCUT2D eigenvalue weighted by Crippen LogP contribution is 2.21. The van der Waals surface area contributed by atoms with E-state index in [2.05, 4.69) is 0 Å². The highest BCUT2D eigenvalue weighted by atomic mass is 16.2. The van der Waals surface area contributed by atoms with Gasteiger partial charge in [-0.1, -0.05) is 13.3 Å². The fraction of sp³-hybridized carbons (Fsp3) is 0.778. The molecule has 68 valence electrons. The Bertz CT molecular complexity index is 183. The van der Waals surface area contributed by atoms with Gasteiger partial charge in [-0.05, 0) is 12.8 Å².